The number of allylic oxidation sites excluding steroid dienone is 1. The molecule has 0 aliphatic carbocycles. The fourth-order valence-electron chi connectivity index (χ4n) is 3.72. The van der Waals surface area contributed by atoms with E-state index in [1.807, 2.05) is 31.2 Å². The minimum Gasteiger partial charge on any atom is -0.490 e. The summed E-state index contributed by atoms with van der Waals surface area (Å²) in [6.07, 6.45) is 1.64. The lowest BCUT2D eigenvalue weighted by molar-refractivity contribution is -0.125. The molecule has 0 aliphatic rings. The Morgan fingerprint density at radius 2 is 1.20 bits per heavy atom. The Morgan fingerprint density at radius 3 is 1.66 bits per heavy atom. The van der Waals surface area contributed by atoms with Gasteiger partial charge in [0.1, 0.15) is 36.8 Å². The summed E-state index contributed by atoms with van der Waals surface area (Å²) < 4.78 is 5.89. The van der Waals surface area contributed by atoms with E-state index in [4.69, 9.17) is 9.84 Å². The quantitative estimate of drug-likeness (QED) is 0.207. The Labute approximate surface area is 208 Å². The van der Waals surface area contributed by atoms with E-state index in [1.54, 1.807) is 0 Å². The molecule has 192 valence electrons. The average Bonchev–Trinajstić information content (AvgIpc) is 2.87. The van der Waals surface area contributed by atoms with Gasteiger partial charge in [0.2, 0.25) is 0 Å². The Hall–Kier alpha value is -2.48. The van der Waals surface area contributed by atoms with Crippen molar-refractivity contribution >= 4 is 12.2 Å². The monoisotopic (exact) mass is 484 g/mol. The van der Waals surface area contributed by atoms with Crippen LogP contribution in [0.2, 0.25) is 0 Å². The summed E-state index contributed by atoms with van der Waals surface area (Å²) in [6, 6.07) is 16.5. The van der Waals surface area contributed by atoms with Crippen LogP contribution in [0.1, 0.15) is 55.9 Å². The molecule has 0 unspecified atom stereocenters. The summed E-state index contributed by atoms with van der Waals surface area (Å²) in [5, 5.41) is 48.9. The van der Waals surface area contributed by atoms with Gasteiger partial charge >= 0.3 is 0 Å². The number of hydrogen-bond donors (Lipinski definition) is 5. The van der Waals surface area contributed by atoms with E-state index in [-0.39, 0.29) is 6.61 Å². The number of ether oxygens (including phenoxy) is 1. The first kappa shape index (κ1) is 28.8. The summed E-state index contributed by atoms with van der Waals surface area (Å²) in [4.78, 5) is 0. The number of hydrogen-bond acceptors (Lipinski definition) is 6. The molecule has 0 saturated heterocycles. The van der Waals surface area contributed by atoms with Gasteiger partial charge in [0, 0.05) is 0 Å². The molecule has 35 heavy (non-hydrogen) atoms. The number of benzene rings is 2. The number of aliphatic hydroxyl groups is 5. The van der Waals surface area contributed by atoms with Crippen LogP contribution in [0, 0.1) is 0 Å². The lowest BCUT2D eigenvalue weighted by Gasteiger charge is -2.26. The minimum atomic E-state index is -1.70. The topological polar surface area (TPSA) is 110 Å². The highest BCUT2D eigenvalue weighted by molar-refractivity contribution is 5.64. The summed E-state index contributed by atoms with van der Waals surface area (Å²) in [7, 11) is 0. The van der Waals surface area contributed by atoms with E-state index in [2.05, 4.69) is 50.2 Å². The van der Waals surface area contributed by atoms with Gasteiger partial charge in [-0.1, -0.05) is 75.2 Å². The van der Waals surface area contributed by atoms with Gasteiger partial charge in [0.05, 0.1) is 6.61 Å². The van der Waals surface area contributed by atoms with Crippen molar-refractivity contribution < 1.29 is 30.3 Å². The van der Waals surface area contributed by atoms with E-state index in [9.17, 15) is 20.4 Å². The molecule has 6 nitrogen and oxygen atoms in total. The van der Waals surface area contributed by atoms with Gasteiger partial charge in [-0.15, -0.1) is 0 Å². The second-order valence-electron chi connectivity index (χ2n) is 8.93. The molecule has 0 amide bonds. The standard InChI is InChI=1S/C29H40O6/c1-4-6-21-8-12-23(13-9-21)16-20(3)27(17-24-14-10-22(7-5-2)11-15-24)35-19-26(32)29(34)28(33)25(31)18-30/h8-17,25-26,28-34H,4-7,18-19H2,1-3H3/t25-,26+,28-,29-/m1/s1. The van der Waals surface area contributed by atoms with Crippen LogP contribution in [0.25, 0.3) is 12.2 Å². The minimum absolute atomic E-state index is 0.309. The Balaban J connectivity index is 2.26. The fraction of sp³-hybridized carbons (Fsp3) is 0.448. The molecule has 0 aromatic heterocycles. The van der Waals surface area contributed by atoms with Crippen LogP contribution >= 0.6 is 0 Å². The third-order valence-corrected chi connectivity index (χ3v) is 5.84. The smallest absolute Gasteiger partial charge is 0.122 e. The van der Waals surface area contributed by atoms with Crippen LogP contribution in [0.5, 0.6) is 0 Å². The Bertz CT molecular complexity index is 933. The van der Waals surface area contributed by atoms with Crippen LogP contribution in [-0.2, 0) is 17.6 Å². The highest BCUT2D eigenvalue weighted by Crippen LogP contribution is 2.21. The summed E-state index contributed by atoms with van der Waals surface area (Å²) in [5.41, 5.74) is 5.29. The fourth-order valence-corrected chi connectivity index (χ4v) is 3.72. The molecule has 5 N–H and O–H groups in total. The van der Waals surface area contributed by atoms with Gasteiger partial charge in [-0.3, -0.25) is 0 Å². The zero-order chi connectivity index (χ0) is 25.8. The zero-order valence-electron chi connectivity index (χ0n) is 21.0. The normalized spacial score (nSPS) is 16.0. The van der Waals surface area contributed by atoms with Crippen molar-refractivity contribution in [2.75, 3.05) is 13.2 Å². The third-order valence-electron chi connectivity index (χ3n) is 5.84. The number of aliphatic hydroxyl groups excluding tert-OH is 5. The molecule has 0 bridgehead atoms. The van der Waals surface area contributed by atoms with Crippen molar-refractivity contribution in [1.82, 2.24) is 0 Å². The first-order chi connectivity index (χ1) is 16.8. The predicted octanol–water partition coefficient (Wildman–Crippen LogP) is 3.49. The lowest BCUT2D eigenvalue weighted by atomic mass is 10.0. The van der Waals surface area contributed by atoms with Crippen LogP contribution in [-0.4, -0.2) is 63.2 Å². The van der Waals surface area contributed by atoms with Gasteiger partial charge < -0.3 is 30.3 Å². The van der Waals surface area contributed by atoms with Crippen LogP contribution in [0.4, 0.5) is 0 Å². The van der Waals surface area contributed by atoms with Gasteiger partial charge in [-0.2, -0.15) is 0 Å². The Kier molecular flexibility index (Phi) is 12.2. The summed E-state index contributed by atoms with van der Waals surface area (Å²) in [6.45, 7) is 5.15. The van der Waals surface area contributed by atoms with Crippen molar-refractivity contribution in [1.29, 1.82) is 0 Å². The van der Waals surface area contributed by atoms with Crippen molar-refractivity contribution in [3.63, 3.8) is 0 Å². The van der Waals surface area contributed by atoms with E-state index in [0.29, 0.717) is 5.76 Å². The lowest BCUT2D eigenvalue weighted by Crippen LogP contribution is -2.47. The van der Waals surface area contributed by atoms with Crippen molar-refractivity contribution in [2.24, 2.45) is 0 Å². The van der Waals surface area contributed by atoms with Gasteiger partial charge in [0.15, 0.2) is 0 Å². The first-order valence-corrected chi connectivity index (χ1v) is 12.3. The van der Waals surface area contributed by atoms with Crippen molar-refractivity contribution in [3.8, 4) is 0 Å². The molecule has 6 heteroatoms. The molecule has 0 radical (unpaired) electrons. The van der Waals surface area contributed by atoms with Crippen LogP contribution < -0.4 is 0 Å². The maximum atomic E-state index is 10.3. The first-order valence-electron chi connectivity index (χ1n) is 12.3. The second kappa shape index (κ2) is 14.8. The average molecular weight is 485 g/mol. The number of rotatable bonds is 14. The molecule has 4 atom stereocenters. The maximum Gasteiger partial charge on any atom is 0.122 e. The third kappa shape index (κ3) is 9.24. The molecule has 2 aromatic carbocycles. The predicted molar refractivity (Wildman–Crippen MR) is 140 cm³/mol. The van der Waals surface area contributed by atoms with Crippen LogP contribution in [0.15, 0.2) is 59.9 Å². The molecule has 2 rings (SSSR count). The van der Waals surface area contributed by atoms with Gasteiger partial charge in [0.25, 0.3) is 0 Å². The van der Waals surface area contributed by atoms with E-state index >= 15 is 0 Å². The number of aryl methyl sites for hydroxylation is 2. The Morgan fingerprint density at radius 1 is 0.743 bits per heavy atom. The molecule has 0 fully saturated rings. The van der Waals surface area contributed by atoms with E-state index in [0.717, 1.165) is 42.4 Å². The molecule has 0 heterocycles. The highest BCUT2D eigenvalue weighted by Gasteiger charge is 2.30. The molecular formula is C29H40O6. The van der Waals surface area contributed by atoms with Crippen molar-refractivity contribution in [3.05, 3.63) is 82.1 Å². The van der Waals surface area contributed by atoms with E-state index < -0.39 is 31.0 Å². The highest BCUT2D eigenvalue weighted by atomic mass is 16.5. The molecule has 0 saturated carbocycles. The largest absolute Gasteiger partial charge is 0.490 e. The van der Waals surface area contributed by atoms with Gasteiger partial charge in [-0.25, -0.2) is 0 Å². The zero-order valence-corrected chi connectivity index (χ0v) is 21.0. The molecule has 2 aromatic rings. The van der Waals surface area contributed by atoms with Gasteiger partial charge in [-0.05, 0) is 59.7 Å². The van der Waals surface area contributed by atoms with E-state index in [1.165, 1.54) is 11.1 Å². The second-order valence-corrected chi connectivity index (χ2v) is 8.93. The SMILES string of the molecule is CCCc1ccc(C=C(C)C(=Cc2ccc(CCC)cc2)OC[C@H](O)[C@@H](O)[C@H](O)[C@H](O)CO)cc1. The summed E-state index contributed by atoms with van der Waals surface area (Å²) >= 11 is 0. The maximum absolute atomic E-state index is 10.3. The molecular weight excluding hydrogens is 444 g/mol. The van der Waals surface area contributed by atoms with Crippen molar-refractivity contribution in [2.45, 2.75) is 70.9 Å². The van der Waals surface area contributed by atoms with Crippen LogP contribution in [0.3, 0.4) is 0 Å². The molecule has 0 spiro atoms. The summed E-state index contributed by atoms with van der Waals surface area (Å²) in [5.74, 6) is 0.509. The molecule has 0 aliphatic heterocycles.